The van der Waals surface area contributed by atoms with Gasteiger partial charge in [-0.1, -0.05) is 30.3 Å². The number of benzene rings is 3. The smallest absolute Gasteiger partial charge is 0.408 e. The molecular weight excluding hydrogens is 366 g/mol. The van der Waals surface area contributed by atoms with Crippen molar-refractivity contribution in [2.75, 3.05) is 10.6 Å². The van der Waals surface area contributed by atoms with Crippen LogP contribution < -0.4 is 16.4 Å². The zero-order valence-electron chi connectivity index (χ0n) is 15.6. The Labute approximate surface area is 165 Å². The Kier molecular flexibility index (Phi) is 3.98. The topological polar surface area (TPSA) is 95.8 Å². The van der Waals surface area contributed by atoms with Crippen molar-refractivity contribution in [1.82, 2.24) is 15.0 Å². The van der Waals surface area contributed by atoms with Crippen LogP contribution in [0.5, 0.6) is 0 Å². The zero-order chi connectivity index (χ0) is 19.8. The fraction of sp³-hybridized carbons (Fsp3) is 0.0455. The molecule has 0 bridgehead atoms. The van der Waals surface area contributed by atoms with Crippen LogP contribution in [-0.2, 0) is 0 Å². The summed E-state index contributed by atoms with van der Waals surface area (Å²) in [6.07, 6.45) is 1.76. The fourth-order valence-electron chi connectivity index (χ4n) is 3.19. The molecule has 7 heteroatoms. The molecule has 2 aromatic heterocycles. The van der Waals surface area contributed by atoms with Gasteiger partial charge in [0.15, 0.2) is 5.58 Å². The number of nitrogens with one attached hydrogen (secondary N) is 3. The van der Waals surface area contributed by atoms with Crippen LogP contribution in [0.25, 0.3) is 21.9 Å². The van der Waals surface area contributed by atoms with Crippen molar-refractivity contribution in [3.05, 3.63) is 83.0 Å². The van der Waals surface area contributed by atoms with Gasteiger partial charge in [-0.05, 0) is 48.0 Å². The first-order valence-corrected chi connectivity index (χ1v) is 9.13. The molecule has 2 heterocycles. The van der Waals surface area contributed by atoms with Crippen molar-refractivity contribution >= 4 is 45.0 Å². The molecule has 5 rings (SSSR count). The maximum Gasteiger partial charge on any atom is 0.417 e. The van der Waals surface area contributed by atoms with E-state index in [2.05, 4.69) is 49.9 Å². The van der Waals surface area contributed by atoms with Gasteiger partial charge in [-0.3, -0.25) is 4.98 Å². The van der Waals surface area contributed by atoms with E-state index in [1.807, 2.05) is 31.2 Å². The molecule has 0 aliphatic heterocycles. The van der Waals surface area contributed by atoms with E-state index in [4.69, 9.17) is 4.42 Å². The van der Waals surface area contributed by atoms with Crippen molar-refractivity contribution < 1.29 is 4.42 Å². The number of fused-ring (bicyclic) bond motifs is 2. The van der Waals surface area contributed by atoms with Crippen molar-refractivity contribution in [3.8, 4) is 0 Å². The lowest BCUT2D eigenvalue weighted by atomic mass is 10.1. The Hall–Kier alpha value is -4.13. The minimum atomic E-state index is -0.475. The van der Waals surface area contributed by atoms with E-state index in [1.54, 1.807) is 18.3 Å². The van der Waals surface area contributed by atoms with Gasteiger partial charge in [0.2, 0.25) is 5.95 Å². The van der Waals surface area contributed by atoms with Gasteiger partial charge in [-0.2, -0.15) is 4.98 Å². The van der Waals surface area contributed by atoms with Crippen LogP contribution >= 0.6 is 0 Å². The Balaban J connectivity index is 1.43. The molecular formula is C22H17N5O2. The molecule has 3 N–H and O–H groups in total. The highest BCUT2D eigenvalue weighted by atomic mass is 16.4. The molecule has 0 aliphatic carbocycles. The molecule has 7 nitrogen and oxygen atoms in total. The molecule has 0 atom stereocenters. The SMILES string of the molecule is Cc1cnc(Nc2ccc3ccccc3c2)nc1Nc1ccc2oc(=O)[nH]c2c1. The molecule has 29 heavy (non-hydrogen) atoms. The molecule has 0 radical (unpaired) electrons. The van der Waals surface area contributed by atoms with Crippen LogP contribution in [0, 0.1) is 6.92 Å². The van der Waals surface area contributed by atoms with E-state index in [9.17, 15) is 4.79 Å². The summed E-state index contributed by atoms with van der Waals surface area (Å²) in [5, 5.41) is 8.85. The van der Waals surface area contributed by atoms with Crippen LogP contribution in [0.2, 0.25) is 0 Å². The average Bonchev–Trinajstić information content (AvgIpc) is 3.10. The minimum Gasteiger partial charge on any atom is -0.408 e. The van der Waals surface area contributed by atoms with E-state index in [0.29, 0.717) is 22.9 Å². The first-order valence-electron chi connectivity index (χ1n) is 9.13. The number of hydrogen-bond donors (Lipinski definition) is 3. The Morgan fingerprint density at radius 1 is 0.931 bits per heavy atom. The summed E-state index contributed by atoms with van der Waals surface area (Å²) in [4.78, 5) is 23.0. The normalized spacial score (nSPS) is 11.1. The van der Waals surface area contributed by atoms with E-state index in [1.165, 1.54) is 5.39 Å². The third-order valence-electron chi connectivity index (χ3n) is 4.66. The summed E-state index contributed by atoms with van der Waals surface area (Å²) < 4.78 is 5.04. The molecule has 0 fully saturated rings. The third kappa shape index (κ3) is 3.41. The highest BCUT2D eigenvalue weighted by Crippen LogP contribution is 2.24. The van der Waals surface area contributed by atoms with Gasteiger partial charge in [-0.15, -0.1) is 0 Å². The van der Waals surface area contributed by atoms with Crippen LogP contribution in [-0.4, -0.2) is 15.0 Å². The predicted octanol–water partition coefficient (Wildman–Crippen LogP) is 4.86. The largest absolute Gasteiger partial charge is 0.417 e. The Bertz CT molecular complexity index is 1400. The van der Waals surface area contributed by atoms with Crippen molar-refractivity contribution in [2.24, 2.45) is 0 Å². The number of oxazole rings is 1. The van der Waals surface area contributed by atoms with Gasteiger partial charge in [0, 0.05) is 23.1 Å². The number of anilines is 4. The first-order chi connectivity index (χ1) is 14.1. The van der Waals surface area contributed by atoms with Gasteiger partial charge in [-0.25, -0.2) is 9.78 Å². The summed E-state index contributed by atoms with van der Waals surface area (Å²) in [6, 6.07) is 19.7. The van der Waals surface area contributed by atoms with Gasteiger partial charge in [0.25, 0.3) is 0 Å². The average molecular weight is 383 g/mol. The maximum absolute atomic E-state index is 11.3. The monoisotopic (exact) mass is 383 g/mol. The van der Waals surface area contributed by atoms with E-state index < -0.39 is 5.76 Å². The van der Waals surface area contributed by atoms with Crippen molar-refractivity contribution in [2.45, 2.75) is 6.92 Å². The maximum atomic E-state index is 11.3. The van der Waals surface area contributed by atoms with E-state index in [0.717, 1.165) is 22.3 Å². The molecule has 0 saturated heterocycles. The molecule has 5 aromatic rings. The number of nitrogens with zero attached hydrogens (tertiary/aromatic N) is 2. The summed E-state index contributed by atoms with van der Waals surface area (Å²) in [5.74, 6) is 0.692. The molecule has 3 aromatic carbocycles. The quantitative estimate of drug-likeness (QED) is 0.410. The van der Waals surface area contributed by atoms with E-state index in [-0.39, 0.29) is 0 Å². The van der Waals surface area contributed by atoms with Gasteiger partial charge < -0.3 is 15.1 Å². The molecule has 0 saturated carbocycles. The van der Waals surface area contributed by atoms with Gasteiger partial charge in [0.1, 0.15) is 5.82 Å². The van der Waals surface area contributed by atoms with Crippen LogP contribution in [0.15, 0.2) is 76.1 Å². The van der Waals surface area contributed by atoms with Crippen LogP contribution in [0.1, 0.15) is 5.56 Å². The molecule has 142 valence electrons. The van der Waals surface area contributed by atoms with E-state index >= 15 is 0 Å². The third-order valence-corrected chi connectivity index (χ3v) is 4.66. The standard InChI is InChI=1S/C22H17N5O2/c1-13-12-23-21(25-16-7-6-14-4-2-3-5-15(14)10-16)27-20(13)24-17-8-9-19-18(11-17)26-22(28)29-19/h2-12H,1H3,(H,26,28)(H2,23,24,25,27). The first kappa shape index (κ1) is 17.0. The summed E-state index contributed by atoms with van der Waals surface area (Å²) in [5.41, 5.74) is 3.73. The molecule has 0 spiro atoms. The van der Waals surface area contributed by atoms with Crippen LogP contribution in [0.3, 0.4) is 0 Å². The number of aromatic nitrogens is 3. The molecule has 0 aliphatic rings. The van der Waals surface area contributed by atoms with Gasteiger partial charge >= 0.3 is 5.76 Å². The number of hydrogen-bond acceptors (Lipinski definition) is 6. The summed E-state index contributed by atoms with van der Waals surface area (Å²) >= 11 is 0. The Morgan fingerprint density at radius 2 is 1.72 bits per heavy atom. The van der Waals surface area contributed by atoms with Gasteiger partial charge in [0.05, 0.1) is 5.52 Å². The van der Waals surface area contributed by atoms with Crippen molar-refractivity contribution in [1.29, 1.82) is 0 Å². The second kappa shape index (κ2) is 6.79. The lowest BCUT2D eigenvalue weighted by Gasteiger charge is -2.11. The lowest BCUT2D eigenvalue weighted by molar-refractivity contribution is 0.555. The lowest BCUT2D eigenvalue weighted by Crippen LogP contribution is -2.02. The number of aromatic amines is 1. The summed E-state index contributed by atoms with van der Waals surface area (Å²) in [7, 11) is 0. The highest BCUT2D eigenvalue weighted by molar-refractivity contribution is 5.86. The van der Waals surface area contributed by atoms with Crippen molar-refractivity contribution in [3.63, 3.8) is 0 Å². The Morgan fingerprint density at radius 3 is 2.62 bits per heavy atom. The number of H-pyrrole nitrogens is 1. The number of aryl methyl sites for hydroxylation is 1. The minimum absolute atomic E-state index is 0.475. The highest BCUT2D eigenvalue weighted by Gasteiger charge is 2.07. The molecule has 0 unspecified atom stereocenters. The zero-order valence-corrected chi connectivity index (χ0v) is 15.6. The fourth-order valence-corrected chi connectivity index (χ4v) is 3.19. The van der Waals surface area contributed by atoms with Crippen LogP contribution in [0.4, 0.5) is 23.1 Å². The second-order valence-corrected chi connectivity index (χ2v) is 6.76. The summed E-state index contributed by atoms with van der Waals surface area (Å²) in [6.45, 7) is 1.93. The molecule has 0 amide bonds. The predicted molar refractivity (Wildman–Crippen MR) is 114 cm³/mol. The number of rotatable bonds is 4. The second-order valence-electron chi connectivity index (χ2n) is 6.76.